The molecule has 1 N–H and O–H groups in total. The van der Waals surface area contributed by atoms with Crippen molar-refractivity contribution in [2.24, 2.45) is 5.92 Å². The SMILES string of the molecule is CC(C)CC(NC(=O)c1ccc(N(Cc2ccc(Cl)cc2)S(C)(=O)=O)cc1)c1ccccc1. The molecular weight excluding hydrogens is 456 g/mol. The summed E-state index contributed by atoms with van der Waals surface area (Å²) in [7, 11) is -3.53. The minimum Gasteiger partial charge on any atom is -0.345 e. The highest BCUT2D eigenvalue weighted by Gasteiger charge is 2.20. The van der Waals surface area contributed by atoms with E-state index in [1.165, 1.54) is 10.6 Å². The van der Waals surface area contributed by atoms with Crippen LogP contribution in [-0.2, 0) is 16.6 Å². The Kier molecular flexibility index (Phi) is 8.16. The van der Waals surface area contributed by atoms with Crippen LogP contribution in [0.15, 0.2) is 78.9 Å². The van der Waals surface area contributed by atoms with Gasteiger partial charge in [0.2, 0.25) is 10.0 Å². The van der Waals surface area contributed by atoms with Crippen LogP contribution in [0.5, 0.6) is 0 Å². The monoisotopic (exact) mass is 484 g/mol. The highest BCUT2D eigenvalue weighted by Crippen LogP contribution is 2.24. The second kappa shape index (κ2) is 10.9. The number of amides is 1. The highest BCUT2D eigenvalue weighted by molar-refractivity contribution is 7.92. The summed E-state index contributed by atoms with van der Waals surface area (Å²) < 4.78 is 26.2. The normalized spacial score (nSPS) is 12.4. The van der Waals surface area contributed by atoms with Crippen molar-refractivity contribution in [1.82, 2.24) is 5.32 Å². The fourth-order valence-electron chi connectivity index (χ4n) is 3.61. The van der Waals surface area contributed by atoms with Crippen molar-refractivity contribution in [2.45, 2.75) is 32.9 Å². The van der Waals surface area contributed by atoms with Gasteiger partial charge in [-0.1, -0.05) is 67.9 Å². The number of carbonyl (C=O) groups excluding carboxylic acids is 1. The van der Waals surface area contributed by atoms with E-state index in [-0.39, 0.29) is 18.5 Å². The van der Waals surface area contributed by atoms with Gasteiger partial charge >= 0.3 is 0 Å². The maximum Gasteiger partial charge on any atom is 0.251 e. The van der Waals surface area contributed by atoms with Gasteiger partial charge < -0.3 is 5.32 Å². The molecule has 0 aliphatic heterocycles. The van der Waals surface area contributed by atoms with Crippen molar-refractivity contribution in [3.8, 4) is 0 Å². The number of hydrogen-bond donors (Lipinski definition) is 1. The maximum atomic E-state index is 13.0. The zero-order valence-corrected chi connectivity index (χ0v) is 20.6. The van der Waals surface area contributed by atoms with Crippen molar-refractivity contribution in [3.05, 3.63) is 101 Å². The van der Waals surface area contributed by atoms with Crippen molar-refractivity contribution < 1.29 is 13.2 Å². The molecule has 33 heavy (non-hydrogen) atoms. The lowest BCUT2D eigenvalue weighted by Crippen LogP contribution is -2.30. The van der Waals surface area contributed by atoms with Gasteiger partial charge in [0, 0.05) is 10.6 Å². The average Bonchev–Trinajstić information content (AvgIpc) is 2.78. The molecule has 0 fully saturated rings. The third-order valence-electron chi connectivity index (χ3n) is 5.27. The molecule has 1 amide bonds. The number of anilines is 1. The Balaban J connectivity index is 1.79. The summed E-state index contributed by atoms with van der Waals surface area (Å²) in [6.07, 6.45) is 1.98. The van der Waals surface area contributed by atoms with E-state index in [0.29, 0.717) is 22.2 Å². The topological polar surface area (TPSA) is 66.5 Å². The Morgan fingerprint density at radius 1 is 0.939 bits per heavy atom. The third kappa shape index (κ3) is 7.07. The lowest BCUT2D eigenvalue weighted by atomic mass is 9.96. The molecule has 7 heteroatoms. The number of sulfonamides is 1. The van der Waals surface area contributed by atoms with Gasteiger partial charge in [-0.15, -0.1) is 0 Å². The molecule has 174 valence electrons. The molecule has 0 heterocycles. The van der Waals surface area contributed by atoms with Gasteiger partial charge in [0.05, 0.1) is 24.5 Å². The summed E-state index contributed by atoms with van der Waals surface area (Å²) in [5.41, 5.74) is 2.84. The van der Waals surface area contributed by atoms with E-state index in [9.17, 15) is 13.2 Å². The van der Waals surface area contributed by atoms with Crippen LogP contribution in [-0.4, -0.2) is 20.6 Å². The van der Waals surface area contributed by atoms with Gasteiger partial charge in [0.1, 0.15) is 0 Å². The standard InChI is InChI=1S/C26H29ClN2O3S/c1-19(2)17-25(21-7-5-4-6-8-21)28-26(30)22-11-15-24(16-12-22)29(33(3,31)32)18-20-9-13-23(27)14-10-20/h4-16,19,25H,17-18H2,1-3H3,(H,28,30). The molecule has 1 atom stereocenters. The molecule has 0 radical (unpaired) electrons. The van der Waals surface area contributed by atoms with Crippen LogP contribution in [0.4, 0.5) is 5.69 Å². The van der Waals surface area contributed by atoms with Gasteiger partial charge in [-0.2, -0.15) is 0 Å². The number of hydrogen-bond acceptors (Lipinski definition) is 3. The molecule has 1 unspecified atom stereocenters. The minimum absolute atomic E-state index is 0.101. The minimum atomic E-state index is -3.53. The fourth-order valence-corrected chi connectivity index (χ4v) is 4.63. The molecular formula is C26H29ClN2O3S. The molecule has 0 bridgehead atoms. The number of nitrogens with zero attached hydrogens (tertiary/aromatic N) is 1. The Hall–Kier alpha value is -2.83. The number of nitrogens with one attached hydrogen (secondary N) is 1. The van der Waals surface area contributed by atoms with Gasteiger partial charge in [-0.05, 0) is 59.9 Å². The summed E-state index contributed by atoms with van der Waals surface area (Å²) >= 11 is 5.94. The average molecular weight is 485 g/mol. The van der Waals surface area contributed by atoms with Crippen LogP contribution in [0, 0.1) is 5.92 Å². The fraction of sp³-hybridized carbons (Fsp3) is 0.269. The Morgan fingerprint density at radius 3 is 2.09 bits per heavy atom. The van der Waals surface area contributed by atoms with Gasteiger partial charge in [-0.3, -0.25) is 9.10 Å². The van der Waals surface area contributed by atoms with Gasteiger partial charge in [-0.25, -0.2) is 8.42 Å². The predicted molar refractivity (Wildman–Crippen MR) is 135 cm³/mol. The molecule has 0 aliphatic carbocycles. The van der Waals surface area contributed by atoms with Crippen LogP contribution in [0.25, 0.3) is 0 Å². The number of carbonyl (C=O) groups is 1. The number of benzene rings is 3. The second-order valence-electron chi connectivity index (χ2n) is 8.51. The van der Waals surface area contributed by atoms with Crippen LogP contribution in [0.1, 0.15) is 47.8 Å². The molecule has 0 saturated carbocycles. The smallest absolute Gasteiger partial charge is 0.251 e. The first-order valence-corrected chi connectivity index (χ1v) is 13.0. The molecule has 0 saturated heterocycles. The Morgan fingerprint density at radius 2 is 1.55 bits per heavy atom. The van der Waals surface area contributed by atoms with Gasteiger partial charge in [0.25, 0.3) is 5.91 Å². The van der Waals surface area contributed by atoms with Crippen LogP contribution in [0.2, 0.25) is 5.02 Å². The van der Waals surface area contributed by atoms with Crippen LogP contribution in [0.3, 0.4) is 0 Å². The molecule has 0 spiro atoms. The number of rotatable bonds is 9. The quantitative estimate of drug-likeness (QED) is 0.416. The Bertz CT molecular complexity index is 1160. The van der Waals surface area contributed by atoms with E-state index in [2.05, 4.69) is 19.2 Å². The van der Waals surface area contributed by atoms with Gasteiger partial charge in [0.15, 0.2) is 0 Å². The van der Waals surface area contributed by atoms with Crippen molar-refractivity contribution in [3.63, 3.8) is 0 Å². The molecule has 0 aliphatic rings. The Labute approximate surface area is 201 Å². The second-order valence-corrected chi connectivity index (χ2v) is 10.9. The van der Waals surface area contributed by atoms with Crippen molar-refractivity contribution >= 4 is 33.2 Å². The first-order valence-electron chi connectivity index (χ1n) is 10.8. The van der Waals surface area contributed by atoms with Crippen molar-refractivity contribution in [2.75, 3.05) is 10.6 Å². The molecule has 3 aromatic carbocycles. The highest BCUT2D eigenvalue weighted by atomic mass is 35.5. The van der Waals surface area contributed by atoms with E-state index in [4.69, 9.17) is 11.6 Å². The molecule has 0 aromatic heterocycles. The summed E-state index contributed by atoms with van der Waals surface area (Å²) in [5, 5.41) is 3.71. The predicted octanol–water partition coefficient (Wildman–Crippen LogP) is 5.82. The van der Waals surface area contributed by atoms with E-state index in [1.54, 1.807) is 48.5 Å². The van der Waals surface area contributed by atoms with E-state index in [0.717, 1.165) is 17.5 Å². The summed E-state index contributed by atoms with van der Waals surface area (Å²) in [6.45, 7) is 4.42. The largest absolute Gasteiger partial charge is 0.345 e. The van der Waals surface area contributed by atoms with Crippen molar-refractivity contribution in [1.29, 1.82) is 0 Å². The lowest BCUT2D eigenvalue weighted by molar-refractivity contribution is 0.0932. The molecule has 3 rings (SSSR count). The molecule has 3 aromatic rings. The maximum absolute atomic E-state index is 13.0. The number of halogens is 1. The summed E-state index contributed by atoms with van der Waals surface area (Å²) in [4.78, 5) is 13.0. The first kappa shape index (κ1) is 24.8. The van der Waals surface area contributed by atoms with Crippen LogP contribution < -0.4 is 9.62 Å². The van der Waals surface area contributed by atoms with E-state index >= 15 is 0 Å². The third-order valence-corrected chi connectivity index (χ3v) is 6.66. The zero-order valence-electron chi connectivity index (χ0n) is 19.0. The van der Waals surface area contributed by atoms with E-state index < -0.39 is 10.0 Å². The molecule has 5 nitrogen and oxygen atoms in total. The first-order chi connectivity index (χ1) is 15.6. The zero-order chi connectivity index (χ0) is 24.0. The summed E-state index contributed by atoms with van der Waals surface area (Å²) in [6, 6.07) is 23.5. The van der Waals surface area contributed by atoms with E-state index in [1.807, 2.05) is 30.3 Å². The summed E-state index contributed by atoms with van der Waals surface area (Å²) in [5.74, 6) is 0.216. The lowest BCUT2D eigenvalue weighted by Gasteiger charge is -2.23. The van der Waals surface area contributed by atoms with Crippen LogP contribution >= 0.6 is 11.6 Å².